The first-order chi connectivity index (χ1) is 17.0. The molecule has 0 bridgehead atoms. The first kappa shape index (κ1) is 22.5. The number of furan rings is 1. The number of hydrogen-bond acceptors (Lipinski definition) is 5. The highest BCUT2D eigenvalue weighted by Crippen LogP contribution is 2.23. The topological polar surface area (TPSA) is 75.0 Å². The predicted molar refractivity (Wildman–Crippen MR) is 136 cm³/mol. The van der Waals surface area contributed by atoms with E-state index < -0.39 is 0 Å². The van der Waals surface area contributed by atoms with Crippen molar-refractivity contribution in [3.05, 3.63) is 90.2 Å². The molecule has 3 aromatic carbocycles. The minimum Gasteiger partial charge on any atom is -0.484 e. The van der Waals surface area contributed by atoms with Crippen LogP contribution in [0.5, 0.6) is 5.75 Å². The molecule has 0 atom stereocenters. The second kappa shape index (κ2) is 9.93. The van der Waals surface area contributed by atoms with E-state index >= 15 is 0 Å². The molecule has 1 fully saturated rings. The van der Waals surface area contributed by atoms with Crippen LogP contribution < -0.4 is 15.0 Å². The Kier molecular flexibility index (Phi) is 6.39. The fourth-order valence-electron chi connectivity index (χ4n) is 4.22. The van der Waals surface area contributed by atoms with Crippen LogP contribution in [0.1, 0.15) is 16.1 Å². The number of ether oxygens (including phenoxy) is 1. The summed E-state index contributed by atoms with van der Waals surface area (Å²) in [5.74, 6) is 0.767. The maximum atomic E-state index is 12.9. The first-order valence-corrected chi connectivity index (χ1v) is 11.7. The van der Waals surface area contributed by atoms with Crippen LogP contribution in [0.3, 0.4) is 0 Å². The Labute approximate surface area is 203 Å². The number of piperazine rings is 1. The highest BCUT2D eigenvalue weighted by molar-refractivity contribution is 5.96. The van der Waals surface area contributed by atoms with E-state index in [9.17, 15) is 9.59 Å². The van der Waals surface area contributed by atoms with Gasteiger partial charge in [-0.2, -0.15) is 0 Å². The Balaban J connectivity index is 1.12. The average Bonchev–Trinajstić information content (AvgIpc) is 3.32. The fraction of sp³-hybridized carbons (Fsp3) is 0.214. The van der Waals surface area contributed by atoms with Crippen LogP contribution in [0.25, 0.3) is 11.0 Å². The zero-order valence-corrected chi connectivity index (χ0v) is 19.6. The molecule has 178 valence electrons. The third-order valence-corrected chi connectivity index (χ3v) is 6.08. The van der Waals surface area contributed by atoms with E-state index in [0.717, 1.165) is 35.3 Å². The molecular formula is C28H27N3O4. The number of fused-ring (bicyclic) bond motifs is 1. The summed E-state index contributed by atoms with van der Waals surface area (Å²) in [6.07, 6.45) is 0. The van der Waals surface area contributed by atoms with Gasteiger partial charge in [-0.05, 0) is 61.0 Å². The summed E-state index contributed by atoms with van der Waals surface area (Å²) in [7, 11) is 0. The van der Waals surface area contributed by atoms with Crippen LogP contribution in [0.4, 0.5) is 11.4 Å². The minimum absolute atomic E-state index is 0.0492. The van der Waals surface area contributed by atoms with Gasteiger partial charge in [0.1, 0.15) is 11.3 Å². The van der Waals surface area contributed by atoms with Gasteiger partial charge in [0.2, 0.25) is 0 Å². The fourth-order valence-corrected chi connectivity index (χ4v) is 4.22. The maximum Gasteiger partial charge on any atom is 0.289 e. The van der Waals surface area contributed by atoms with Crippen LogP contribution in [-0.4, -0.2) is 49.5 Å². The van der Waals surface area contributed by atoms with Crippen molar-refractivity contribution in [3.8, 4) is 5.75 Å². The van der Waals surface area contributed by atoms with Gasteiger partial charge in [-0.25, -0.2) is 0 Å². The largest absolute Gasteiger partial charge is 0.484 e. The number of carbonyl (C=O) groups is 2. The van der Waals surface area contributed by atoms with Crippen molar-refractivity contribution < 1.29 is 18.7 Å². The quantitative estimate of drug-likeness (QED) is 0.442. The van der Waals surface area contributed by atoms with Gasteiger partial charge in [0, 0.05) is 42.9 Å². The molecule has 35 heavy (non-hydrogen) atoms. The summed E-state index contributed by atoms with van der Waals surface area (Å²) in [5, 5.41) is 3.80. The van der Waals surface area contributed by atoms with Crippen molar-refractivity contribution in [1.29, 1.82) is 0 Å². The lowest BCUT2D eigenvalue weighted by Gasteiger charge is -2.35. The minimum atomic E-state index is -0.211. The molecule has 7 nitrogen and oxygen atoms in total. The highest BCUT2D eigenvalue weighted by Gasteiger charge is 2.24. The van der Waals surface area contributed by atoms with E-state index in [-0.39, 0.29) is 18.4 Å². The number of carbonyl (C=O) groups excluding carboxylic acids is 2. The molecule has 1 saturated heterocycles. The number of rotatable bonds is 6. The van der Waals surface area contributed by atoms with Gasteiger partial charge in [-0.1, -0.05) is 30.3 Å². The molecule has 0 saturated carbocycles. The predicted octanol–water partition coefficient (Wildman–Crippen LogP) is 4.72. The molecule has 0 unspecified atom stereocenters. The van der Waals surface area contributed by atoms with Crippen molar-refractivity contribution in [2.45, 2.75) is 6.92 Å². The molecule has 1 aliphatic rings. The lowest BCUT2D eigenvalue weighted by molar-refractivity contribution is -0.118. The smallest absolute Gasteiger partial charge is 0.289 e. The normalized spacial score (nSPS) is 13.6. The lowest BCUT2D eigenvalue weighted by atomic mass is 10.2. The number of amides is 2. The molecule has 1 aliphatic heterocycles. The number of para-hydroxylation sites is 1. The SMILES string of the molecule is Cc1cccc(OCC(=O)Nc2ccc(N3CCN(C(=O)c4cc5ccccc5o4)CC3)cc2)c1. The summed E-state index contributed by atoms with van der Waals surface area (Å²) in [6.45, 7) is 4.61. The maximum absolute atomic E-state index is 12.9. The van der Waals surface area contributed by atoms with E-state index in [1.807, 2.05) is 90.7 Å². The van der Waals surface area contributed by atoms with Crippen molar-refractivity contribution in [1.82, 2.24) is 4.90 Å². The van der Waals surface area contributed by atoms with Crippen LogP contribution in [0.2, 0.25) is 0 Å². The number of anilines is 2. The van der Waals surface area contributed by atoms with Crippen LogP contribution in [0.15, 0.2) is 83.3 Å². The Hall–Kier alpha value is -4.26. The van der Waals surface area contributed by atoms with Crippen molar-refractivity contribution in [2.24, 2.45) is 0 Å². The Morgan fingerprint density at radius 1 is 0.914 bits per heavy atom. The second-order valence-corrected chi connectivity index (χ2v) is 8.63. The van der Waals surface area contributed by atoms with Crippen molar-refractivity contribution >= 4 is 34.2 Å². The van der Waals surface area contributed by atoms with Crippen molar-refractivity contribution in [3.63, 3.8) is 0 Å². The summed E-state index contributed by atoms with van der Waals surface area (Å²) in [4.78, 5) is 29.2. The van der Waals surface area contributed by atoms with E-state index in [2.05, 4.69) is 10.2 Å². The van der Waals surface area contributed by atoms with E-state index in [1.165, 1.54) is 0 Å². The molecule has 0 radical (unpaired) electrons. The molecule has 7 heteroatoms. The monoisotopic (exact) mass is 469 g/mol. The molecular weight excluding hydrogens is 442 g/mol. The molecule has 0 spiro atoms. The van der Waals surface area contributed by atoms with Crippen molar-refractivity contribution in [2.75, 3.05) is 43.0 Å². The van der Waals surface area contributed by atoms with Gasteiger partial charge < -0.3 is 24.3 Å². The molecule has 5 rings (SSSR count). The average molecular weight is 470 g/mol. The number of hydrogen-bond donors (Lipinski definition) is 1. The lowest BCUT2D eigenvalue weighted by Crippen LogP contribution is -2.48. The first-order valence-electron chi connectivity index (χ1n) is 11.7. The van der Waals surface area contributed by atoms with E-state index in [0.29, 0.717) is 30.3 Å². The summed E-state index contributed by atoms with van der Waals surface area (Å²) >= 11 is 0. The van der Waals surface area contributed by atoms with Gasteiger partial charge in [-0.3, -0.25) is 9.59 Å². The van der Waals surface area contributed by atoms with Gasteiger partial charge in [0.05, 0.1) is 0 Å². The zero-order valence-electron chi connectivity index (χ0n) is 19.6. The van der Waals surface area contributed by atoms with Gasteiger partial charge in [-0.15, -0.1) is 0 Å². The molecule has 2 heterocycles. The molecule has 1 N–H and O–H groups in total. The summed E-state index contributed by atoms with van der Waals surface area (Å²) in [5.41, 5.74) is 3.57. The van der Waals surface area contributed by atoms with Crippen LogP contribution in [-0.2, 0) is 4.79 Å². The van der Waals surface area contributed by atoms with E-state index in [4.69, 9.17) is 9.15 Å². The molecule has 4 aromatic rings. The second-order valence-electron chi connectivity index (χ2n) is 8.63. The van der Waals surface area contributed by atoms with Gasteiger partial charge in [0.25, 0.3) is 11.8 Å². The Bertz CT molecular complexity index is 1300. The summed E-state index contributed by atoms with van der Waals surface area (Å²) in [6, 6.07) is 24.8. The highest BCUT2D eigenvalue weighted by atomic mass is 16.5. The number of aryl methyl sites for hydroxylation is 1. The number of benzene rings is 3. The van der Waals surface area contributed by atoms with E-state index in [1.54, 1.807) is 0 Å². The Morgan fingerprint density at radius 3 is 2.43 bits per heavy atom. The van der Waals surface area contributed by atoms with Crippen LogP contribution >= 0.6 is 0 Å². The molecule has 2 amide bonds. The number of nitrogens with zero attached hydrogens (tertiary/aromatic N) is 2. The van der Waals surface area contributed by atoms with Crippen LogP contribution in [0, 0.1) is 6.92 Å². The third-order valence-electron chi connectivity index (χ3n) is 6.08. The summed E-state index contributed by atoms with van der Waals surface area (Å²) < 4.78 is 11.3. The third kappa shape index (κ3) is 5.30. The molecule has 0 aliphatic carbocycles. The molecule has 1 aromatic heterocycles. The number of nitrogens with one attached hydrogen (secondary N) is 1. The van der Waals surface area contributed by atoms with Gasteiger partial charge >= 0.3 is 0 Å². The standard InChI is InChI=1S/C28H27N3O4/c1-20-5-4-7-24(17-20)34-19-27(32)29-22-9-11-23(12-10-22)30-13-15-31(16-14-30)28(33)26-18-21-6-2-3-8-25(21)35-26/h2-12,17-18H,13-16,19H2,1H3,(H,29,32). The Morgan fingerprint density at radius 2 is 1.69 bits per heavy atom. The van der Waals surface area contributed by atoms with Gasteiger partial charge in [0.15, 0.2) is 12.4 Å². The zero-order chi connectivity index (χ0) is 24.2.